The molecule has 0 saturated heterocycles. The van der Waals surface area contributed by atoms with E-state index in [1.807, 2.05) is 30.3 Å². The molecular weight excluding hydrogens is 394 g/mol. The zero-order chi connectivity index (χ0) is 19.7. The van der Waals surface area contributed by atoms with Crippen LogP contribution in [0.3, 0.4) is 0 Å². The van der Waals surface area contributed by atoms with Gasteiger partial charge in [0.05, 0.1) is 23.1 Å². The van der Waals surface area contributed by atoms with Crippen LogP contribution in [0.5, 0.6) is 0 Å². The molecule has 2 aromatic heterocycles. The number of carbonyl (C=O) groups is 1. The number of carbonyl (C=O) groups excluding carboxylic acids is 1. The number of anilines is 1. The van der Waals surface area contributed by atoms with E-state index in [-0.39, 0.29) is 11.5 Å². The summed E-state index contributed by atoms with van der Waals surface area (Å²) >= 11 is 7.10. The van der Waals surface area contributed by atoms with E-state index >= 15 is 0 Å². The lowest BCUT2D eigenvalue weighted by Gasteiger charge is -2.05. The molecule has 0 fully saturated rings. The molecule has 0 radical (unpaired) electrons. The molecule has 0 unspecified atom stereocenters. The third-order valence-corrected chi connectivity index (χ3v) is 5.87. The lowest BCUT2D eigenvalue weighted by Crippen LogP contribution is -2.21. The van der Waals surface area contributed by atoms with Crippen molar-refractivity contribution in [2.45, 2.75) is 13.5 Å². The van der Waals surface area contributed by atoms with Crippen LogP contribution >= 0.6 is 22.9 Å². The van der Waals surface area contributed by atoms with Crippen LogP contribution in [0.2, 0.25) is 5.02 Å². The lowest BCUT2D eigenvalue weighted by atomic mass is 10.2. The summed E-state index contributed by atoms with van der Waals surface area (Å²) in [7, 11) is 0. The first kappa shape index (κ1) is 18.4. The Morgan fingerprint density at radius 2 is 1.86 bits per heavy atom. The van der Waals surface area contributed by atoms with Crippen LogP contribution in [-0.4, -0.2) is 15.5 Å². The second-order valence-corrected chi connectivity index (χ2v) is 7.80. The third kappa shape index (κ3) is 3.56. The highest BCUT2D eigenvalue weighted by Gasteiger charge is 2.19. The standard InChI is InChI=1S/C21H16ClN3O2S/c1-13-17-20(23-12-25(21(17)27)11-14-5-3-2-4-6-14)28-18(13)19(26)24-16-9-7-15(22)8-10-16/h2-10,12H,11H2,1H3,(H,24,26). The Balaban J connectivity index is 1.68. The number of hydrogen-bond acceptors (Lipinski definition) is 4. The normalized spacial score (nSPS) is 10.9. The zero-order valence-electron chi connectivity index (χ0n) is 15.0. The predicted octanol–water partition coefficient (Wildman–Crippen LogP) is 4.72. The molecule has 0 saturated carbocycles. The monoisotopic (exact) mass is 409 g/mol. The molecule has 2 heterocycles. The average Bonchev–Trinajstić information content (AvgIpc) is 3.04. The largest absolute Gasteiger partial charge is 0.321 e. The molecule has 0 aliphatic heterocycles. The predicted molar refractivity (Wildman–Crippen MR) is 114 cm³/mol. The van der Waals surface area contributed by atoms with Gasteiger partial charge < -0.3 is 5.32 Å². The van der Waals surface area contributed by atoms with Crippen LogP contribution in [0.4, 0.5) is 5.69 Å². The van der Waals surface area contributed by atoms with Gasteiger partial charge in [0, 0.05) is 10.7 Å². The fourth-order valence-electron chi connectivity index (χ4n) is 2.99. The van der Waals surface area contributed by atoms with E-state index in [0.29, 0.717) is 37.9 Å². The number of rotatable bonds is 4. The first-order valence-corrected chi connectivity index (χ1v) is 9.82. The third-order valence-electron chi connectivity index (χ3n) is 4.42. The summed E-state index contributed by atoms with van der Waals surface area (Å²) in [6, 6.07) is 16.6. The van der Waals surface area contributed by atoms with Crippen molar-refractivity contribution in [3.8, 4) is 0 Å². The number of nitrogens with zero attached hydrogens (tertiary/aromatic N) is 2. The Labute approximate surface area is 170 Å². The van der Waals surface area contributed by atoms with Crippen molar-refractivity contribution >= 4 is 44.7 Å². The molecule has 1 amide bonds. The molecule has 7 heteroatoms. The minimum atomic E-state index is -0.267. The summed E-state index contributed by atoms with van der Waals surface area (Å²) in [4.78, 5) is 31.1. The van der Waals surface area contributed by atoms with E-state index < -0.39 is 0 Å². The van der Waals surface area contributed by atoms with Crippen LogP contribution in [0.15, 0.2) is 65.7 Å². The van der Waals surface area contributed by atoms with E-state index in [0.717, 1.165) is 5.56 Å². The van der Waals surface area contributed by atoms with Crippen molar-refractivity contribution in [2.75, 3.05) is 5.32 Å². The van der Waals surface area contributed by atoms with Gasteiger partial charge in [0.15, 0.2) is 0 Å². The summed E-state index contributed by atoms with van der Waals surface area (Å²) in [5.41, 5.74) is 2.15. The summed E-state index contributed by atoms with van der Waals surface area (Å²) in [6.45, 7) is 2.22. The maximum Gasteiger partial charge on any atom is 0.266 e. The van der Waals surface area contributed by atoms with Crippen molar-refractivity contribution in [2.24, 2.45) is 0 Å². The summed E-state index contributed by atoms with van der Waals surface area (Å²) in [6.07, 6.45) is 1.54. The number of aromatic nitrogens is 2. The van der Waals surface area contributed by atoms with Gasteiger partial charge >= 0.3 is 0 Å². The summed E-state index contributed by atoms with van der Waals surface area (Å²) in [5, 5.41) is 3.92. The lowest BCUT2D eigenvalue weighted by molar-refractivity contribution is 0.103. The maximum absolute atomic E-state index is 13.0. The molecule has 2 aromatic carbocycles. The zero-order valence-corrected chi connectivity index (χ0v) is 16.6. The molecule has 0 aliphatic rings. The second kappa shape index (κ2) is 7.58. The fourth-order valence-corrected chi connectivity index (χ4v) is 4.15. The number of halogens is 1. The van der Waals surface area contributed by atoms with Gasteiger partial charge in [-0.2, -0.15) is 0 Å². The van der Waals surface area contributed by atoms with Gasteiger partial charge in [0.25, 0.3) is 11.5 Å². The molecule has 28 heavy (non-hydrogen) atoms. The summed E-state index contributed by atoms with van der Waals surface area (Å²) in [5.74, 6) is -0.267. The quantitative estimate of drug-likeness (QED) is 0.530. The Kier molecular flexibility index (Phi) is 4.98. The molecule has 4 rings (SSSR count). The maximum atomic E-state index is 13.0. The fraction of sp³-hybridized carbons (Fsp3) is 0.0952. The highest BCUT2D eigenvalue weighted by molar-refractivity contribution is 7.20. The number of aryl methyl sites for hydroxylation is 1. The van der Waals surface area contributed by atoms with Gasteiger partial charge in [-0.25, -0.2) is 4.98 Å². The van der Waals surface area contributed by atoms with Gasteiger partial charge in [-0.15, -0.1) is 11.3 Å². The van der Waals surface area contributed by atoms with Crippen LogP contribution in [0.25, 0.3) is 10.2 Å². The van der Waals surface area contributed by atoms with Gasteiger partial charge in [0.2, 0.25) is 0 Å². The Morgan fingerprint density at radius 1 is 1.14 bits per heavy atom. The van der Waals surface area contributed by atoms with Crippen LogP contribution in [0.1, 0.15) is 20.8 Å². The van der Waals surface area contributed by atoms with Crippen molar-refractivity contribution in [1.29, 1.82) is 0 Å². The molecule has 4 aromatic rings. The van der Waals surface area contributed by atoms with Gasteiger partial charge in [-0.05, 0) is 42.3 Å². The van der Waals surface area contributed by atoms with E-state index in [2.05, 4.69) is 10.3 Å². The molecule has 5 nitrogen and oxygen atoms in total. The Hall–Kier alpha value is -2.96. The highest BCUT2D eigenvalue weighted by Crippen LogP contribution is 2.28. The number of amides is 1. The van der Waals surface area contributed by atoms with Gasteiger partial charge in [-0.3, -0.25) is 14.2 Å². The van der Waals surface area contributed by atoms with Gasteiger partial charge in [0.1, 0.15) is 4.83 Å². The van der Waals surface area contributed by atoms with E-state index in [4.69, 9.17) is 11.6 Å². The van der Waals surface area contributed by atoms with Crippen LogP contribution in [0, 0.1) is 6.92 Å². The molecule has 1 N–H and O–H groups in total. The molecule has 0 atom stereocenters. The van der Waals surface area contributed by atoms with E-state index in [9.17, 15) is 9.59 Å². The number of hydrogen-bond donors (Lipinski definition) is 1. The number of nitrogens with one attached hydrogen (secondary N) is 1. The molecule has 0 spiro atoms. The highest BCUT2D eigenvalue weighted by atomic mass is 35.5. The first-order chi connectivity index (χ1) is 13.5. The number of fused-ring (bicyclic) bond motifs is 1. The first-order valence-electron chi connectivity index (χ1n) is 8.62. The molecule has 0 bridgehead atoms. The number of benzene rings is 2. The molecule has 140 valence electrons. The van der Waals surface area contributed by atoms with E-state index in [1.54, 1.807) is 35.8 Å². The second-order valence-electron chi connectivity index (χ2n) is 6.36. The minimum Gasteiger partial charge on any atom is -0.321 e. The Bertz CT molecular complexity index is 1210. The minimum absolute atomic E-state index is 0.145. The number of thiophene rings is 1. The van der Waals surface area contributed by atoms with Crippen molar-refractivity contribution < 1.29 is 4.79 Å². The van der Waals surface area contributed by atoms with Crippen molar-refractivity contribution in [1.82, 2.24) is 9.55 Å². The topological polar surface area (TPSA) is 64.0 Å². The smallest absolute Gasteiger partial charge is 0.266 e. The molecular formula is C21H16ClN3O2S. The Morgan fingerprint density at radius 3 is 2.57 bits per heavy atom. The van der Waals surface area contributed by atoms with Crippen molar-refractivity contribution in [3.05, 3.63) is 92.3 Å². The van der Waals surface area contributed by atoms with Crippen molar-refractivity contribution in [3.63, 3.8) is 0 Å². The van der Waals surface area contributed by atoms with Gasteiger partial charge in [-0.1, -0.05) is 41.9 Å². The van der Waals surface area contributed by atoms with E-state index in [1.165, 1.54) is 17.7 Å². The SMILES string of the molecule is Cc1c(C(=O)Nc2ccc(Cl)cc2)sc2ncn(Cc3ccccc3)c(=O)c12. The van der Waals surface area contributed by atoms with Crippen LogP contribution in [-0.2, 0) is 6.54 Å². The summed E-state index contributed by atoms with van der Waals surface area (Å²) < 4.78 is 1.57. The average molecular weight is 410 g/mol. The molecule has 0 aliphatic carbocycles. The van der Waals surface area contributed by atoms with Crippen LogP contribution < -0.4 is 10.9 Å².